The van der Waals surface area contributed by atoms with Crippen molar-refractivity contribution >= 4 is 17.9 Å². The molecule has 0 aromatic rings. The molecule has 5 aliphatic heterocycles. The standard InChI is InChI=1S/C50H86O21/c1-9-12-18-21-30-22-19-16-14-13-15-17-20-23-32(52)66-40-35(55)31(24-51)65-50(69-41-37(57)34(54)28(7)62-48(41)64-30)43(40)71-49-44(68-46(60)26(5)11-3)42(39(29(8)63-49)67-45(59)25(4)10-2)70-47-38(58)36(56)33(53)27(6)61-47/h25-31,33-44,47-51,53-58H,9-24H2,1-8H3/t25-,26-,27-,28+,29-,30-,31+,33-,34+,35+,36+,37-,38+,39-,40-,41+,42+,43+,44+,47-,48-,49-,50-/m0/s1. The normalized spacial score (nSPS) is 42.2. The van der Waals surface area contributed by atoms with Crippen LogP contribution in [0.25, 0.3) is 0 Å². The van der Waals surface area contributed by atoms with Crippen LogP contribution >= 0.6 is 0 Å². The largest absolute Gasteiger partial charge is 0.456 e. The minimum atomic E-state index is -1.86. The van der Waals surface area contributed by atoms with Crippen LogP contribution in [0.4, 0.5) is 0 Å². The predicted molar refractivity (Wildman–Crippen MR) is 249 cm³/mol. The maximum absolute atomic E-state index is 13.9. The highest BCUT2D eigenvalue weighted by Gasteiger charge is 2.58. The van der Waals surface area contributed by atoms with Gasteiger partial charge in [0.15, 0.2) is 49.6 Å². The first kappa shape index (κ1) is 59.7. The van der Waals surface area contributed by atoms with Crippen LogP contribution in [0.2, 0.25) is 0 Å². The fourth-order valence-corrected chi connectivity index (χ4v) is 9.46. The maximum atomic E-state index is 13.9. The molecule has 0 aromatic carbocycles. The third-order valence-corrected chi connectivity index (χ3v) is 14.7. The minimum absolute atomic E-state index is 0.0470. The van der Waals surface area contributed by atoms with Crippen molar-refractivity contribution in [3.05, 3.63) is 0 Å². The molecule has 7 N–H and O–H groups in total. The summed E-state index contributed by atoms with van der Waals surface area (Å²) in [4.78, 5) is 41.3. The number of unbranched alkanes of at least 4 members (excludes halogenated alkanes) is 2. The van der Waals surface area contributed by atoms with Gasteiger partial charge in [0.25, 0.3) is 0 Å². The average Bonchev–Trinajstić information content (AvgIpc) is 3.34. The Morgan fingerprint density at radius 2 is 1.15 bits per heavy atom. The molecule has 0 aromatic heterocycles. The predicted octanol–water partition coefficient (Wildman–Crippen LogP) is 2.58. The zero-order valence-corrected chi connectivity index (χ0v) is 42.9. The second-order valence-electron chi connectivity index (χ2n) is 20.2. The Morgan fingerprint density at radius 3 is 1.79 bits per heavy atom. The fourth-order valence-electron chi connectivity index (χ4n) is 9.46. The Hall–Kier alpha value is -2.19. The van der Waals surface area contributed by atoms with Crippen LogP contribution in [0.1, 0.15) is 152 Å². The maximum Gasteiger partial charge on any atom is 0.309 e. The fraction of sp³-hybridized carbons (Fsp3) is 0.940. The van der Waals surface area contributed by atoms with Crippen LogP contribution in [-0.2, 0) is 66.5 Å². The number of carbonyl (C=O) groups is 3. The van der Waals surface area contributed by atoms with Gasteiger partial charge in [-0.15, -0.1) is 0 Å². The molecular weight excluding hydrogens is 937 g/mol. The van der Waals surface area contributed by atoms with Crippen molar-refractivity contribution in [3.8, 4) is 0 Å². The van der Waals surface area contributed by atoms with Crippen molar-refractivity contribution in [1.82, 2.24) is 0 Å². The summed E-state index contributed by atoms with van der Waals surface area (Å²) in [6, 6.07) is 0. The van der Waals surface area contributed by atoms with E-state index in [0.29, 0.717) is 32.1 Å². The smallest absolute Gasteiger partial charge is 0.309 e. The van der Waals surface area contributed by atoms with E-state index in [1.165, 1.54) is 13.8 Å². The molecule has 2 bridgehead atoms. The first-order valence-electron chi connectivity index (χ1n) is 26.4. The quantitative estimate of drug-likeness (QED) is 0.0705. The zero-order chi connectivity index (χ0) is 52.1. The summed E-state index contributed by atoms with van der Waals surface area (Å²) >= 11 is 0. The van der Waals surface area contributed by atoms with Crippen molar-refractivity contribution in [1.29, 1.82) is 0 Å². The minimum Gasteiger partial charge on any atom is -0.456 e. The van der Waals surface area contributed by atoms with E-state index in [0.717, 1.165) is 57.8 Å². The molecule has 0 amide bonds. The van der Waals surface area contributed by atoms with Crippen molar-refractivity contribution in [2.24, 2.45) is 11.8 Å². The van der Waals surface area contributed by atoms with Crippen LogP contribution < -0.4 is 0 Å². The van der Waals surface area contributed by atoms with Crippen molar-refractivity contribution in [2.75, 3.05) is 6.61 Å². The molecule has 0 spiro atoms. The average molecular weight is 1020 g/mol. The highest BCUT2D eigenvalue weighted by molar-refractivity contribution is 5.73. The van der Waals surface area contributed by atoms with E-state index in [-0.39, 0.29) is 12.5 Å². The number of hydrogen-bond acceptors (Lipinski definition) is 21. The van der Waals surface area contributed by atoms with Gasteiger partial charge in [-0.1, -0.05) is 92.4 Å². The summed E-state index contributed by atoms with van der Waals surface area (Å²) in [7, 11) is 0. The zero-order valence-electron chi connectivity index (χ0n) is 42.9. The molecule has 0 radical (unpaired) electrons. The molecule has 71 heavy (non-hydrogen) atoms. The number of rotatable bonds is 15. The van der Waals surface area contributed by atoms with Crippen molar-refractivity contribution in [2.45, 2.75) is 281 Å². The number of ether oxygens (including phenoxy) is 11. The molecule has 5 aliphatic rings. The van der Waals surface area contributed by atoms with Crippen LogP contribution in [0.3, 0.4) is 0 Å². The van der Waals surface area contributed by atoms with E-state index in [2.05, 4.69) is 6.92 Å². The number of aliphatic hydroxyl groups is 7. The summed E-state index contributed by atoms with van der Waals surface area (Å²) < 4.78 is 69.4. The van der Waals surface area contributed by atoms with E-state index in [4.69, 9.17) is 52.1 Å². The molecule has 5 fully saturated rings. The Bertz CT molecular complexity index is 1610. The summed E-state index contributed by atoms with van der Waals surface area (Å²) in [5.74, 6) is -3.52. The SMILES string of the molecule is CCCCC[C@H]1CCCCCCCCCC(=O)O[C@H]2[C@H](O)[C@@H](CO)O[C@@H](O[C@H]3[C@H](O1)O[C@H](C)[C@@H](O)[C@@H]3O)[C@@H]2O[C@@H]1O[C@@H](C)[C@H](OC(=O)[C@@H](C)CC)[C@@H](O[C@@H]2O[C@@H](C)[C@H](O)[C@@H](O)[C@H]2O)[C@H]1OC(=O)[C@@H](C)CC. The first-order valence-corrected chi connectivity index (χ1v) is 26.4. The van der Waals surface area contributed by atoms with E-state index >= 15 is 0 Å². The van der Waals surface area contributed by atoms with Gasteiger partial charge < -0.3 is 87.9 Å². The second kappa shape index (κ2) is 28.6. The lowest BCUT2D eigenvalue weighted by Crippen LogP contribution is -2.68. The third kappa shape index (κ3) is 15.7. The van der Waals surface area contributed by atoms with Gasteiger partial charge in [0, 0.05) is 6.42 Å². The van der Waals surface area contributed by atoms with Crippen LogP contribution in [0.5, 0.6) is 0 Å². The molecule has 0 unspecified atom stereocenters. The lowest BCUT2D eigenvalue weighted by Gasteiger charge is -2.50. The monoisotopic (exact) mass is 1020 g/mol. The van der Waals surface area contributed by atoms with E-state index in [1.807, 2.05) is 0 Å². The second-order valence-corrected chi connectivity index (χ2v) is 20.2. The summed E-state index contributed by atoms with van der Waals surface area (Å²) in [6.45, 7) is 12.6. The van der Waals surface area contributed by atoms with Crippen LogP contribution in [-0.4, -0.2) is 189 Å². The summed E-state index contributed by atoms with van der Waals surface area (Å²) in [5, 5.41) is 78.2. The summed E-state index contributed by atoms with van der Waals surface area (Å²) in [5.41, 5.74) is 0. The van der Waals surface area contributed by atoms with Gasteiger partial charge in [-0.2, -0.15) is 0 Å². The lowest BCUT2D eigenvalue weighted by atomic mass is 9.95. The molecule has 21 heteroatoms. The molecule has 412 valence electrons. The van der Waals surface area contributed by atoms with E-state index < -0.39 is 159 Å². The van der Waals surface area contributed by atoms with Gasteiger partial charge in [-0.3, -0.25) is 14.4 Å². The van der Waals surface area contributed by atoms with Crippen LogP contribution in [0.15, 0.2) is 0 Å². The Kier molecular flexibility index (Phi) is 24.1. The first-order chi connectivity index (χ1) is 33.8. The number of hydrogen-bond donors (Lipinski definition) is 7. The Balaban J connectivity index is 1.63. The number of fused-ring (bicyclic) bond motifs is 3. The van der Waals surface area contributed by atoms with Gasteiger partial charge in [0.2, 0.25) is 0 Å². The lowest BCUT2D eigenvalue weighted by molar-refractivity contribution is -0.400. The molecular formula is C50H86O21. The highest BCUT2D eigenvalue weighted by Crippen LogP contribution is 2.39. The van der Waals surface area contributed by atoms with Crippen LogP contribution in [0, 0.1) is 11.8 Å². The van der Waals surface area contributed by atoms with Gasteiger partial charge >= 0.3 is 17.9 Å². The topological polar surface area (TPSA) is 294 Å². The van der Waals surface area contributed by atoms with Gasteiger partial charge in [0.1, 0.15) is 54.9 Å². The van der Waals surface area contributed by atoms with E-state index in [1.54, 1.807) is 34.6 Å². The van der Waals surface area contributed by atoms with Crippen molar-refractivity contribution < 1.29 is 102 Å². The number of aliphatic hydroxyl groups excluding tert-OH is 7. The van der Waals surface area contributed by atoms with Crippen molar-refractivity contribution in [3.63, 3.8) is 0 Å². The molecule has 5 rings (SSSR count). The third-order valence-electron chi connectivity index (χ3n) is 14.7. The molecule has 0 saturated carbocycles. The molecule has 5 heterocycles. The number of esters is 3. The van der Waals surface area contributed by atoms with E-state index in [9.17, 15) is 50.1 Å². The highest BCUT2D eigenvalue weighted by atomic mass is 16.8. The molecule has 23 atom stereocenters. The Labute approximate surface area is 418 Å². The molecule has 21 nitrogen and oxygen atoms in total. The Morgan fingerprint density at radius 1 is 0.577 bits per heavy atom. The summed E-state index contributed by atoms with van der Waals surface area (Å²) in [6.07, 6.45) is -20.8. The van der Waals surface area contributed by atoms with Gasteiger partial charge in [-0.05, 0) is 52.9 Å². The van der Waals surface area contributed by atoms with Gasteiger partial charge in [-0.25, -0.2) is 0 Å². The number of carbonyl (C=O) groups excluding carboxylic acids is 3. The molecule has 5 saturated heterocycles. The molecule has 0 aliphatic carbocycles. The van der Waals surface area contributed by atoms with Gasteiger partial charge in [0.05, 0.1) is 42.9 Å².